The standard InChI is InChI=1S/C14H23FN2/c1-10(2)8-9-17(4)14-12(11(3)16)6-5-7-13(14)15/h5-7,10-11H,8-9,16H2,1-4H3/t11-/m0/s1. The van der Waals surface area contributed by atoms with Crippen molar-refractivity contribution in [3.63, 3.8) is 0 Å². The van der Waals surface area contributed by atoms with Crippen molar-refractivity contribution in [2.24, 2.45) is 11.7 Å². The van der Waals surface area contributed by atoms with Crippen molar-refractivity contribution in [3.8, 4) is 0 Å². The van der Waals surface area contributed by atoms with Crippen LogP contribution < -0.4 is 10.6 Å². The minimum Gasteiger partial charge on any atom is -0.372 e. The maximum atomic E-state index is 13.9. The van der Waals surface area contributed by atoms with Gasteiger partial charge in [0.15, 0.2) is 0 Å². The molecule has 0 fully saturated rings. The van der Waals surface area contributed by atoms with Gasteiger partial charge in [0, 0.05) is 19.6 Å². The summed E-state index contributed by atoms with van der Waals surface area (Å²) >= 11 is 0. The van der Waals surface area contributed by atoms with Gasteiger partial charge in [-0.1, -0.05) is 26.0 Å². The maximum Gasteiger partial charge on any atom is 0.146 e. The van der Waals surface area contributed by atoms with Crippen LogP contribution in [-0.2, 0) is 0 Å². The Morgan fingerprint density at radius 2 is 1.94 bits per heavy atom. The molecule has 0 unspecified atom stereocenters. The second kappa shape index (κ2) is 6.01. The molecule has 2 nitrogen and oxygen atoms in total. The summed E-state index contributed by atoms with van der Waals surface area (Å²) in [5.41, 5.74) is 7.40. The lowest BCUT2D eigenvalue weighted by atomic mass is 10.0. The van der Waals surface area contributed by atoms with Crippen molar-refractivity contribution >= 4 is 5.69 Å². The van der Waals surface area contributed by atoms with Gasteiger partial charge < -0.3 is 10.6 Å². The van der Waals surface area contributed by atoms with Gasteiger partial charge in [-0.15, -0.1) is 0 Å². The first-order valence-electron chi connectivity index (χ1n) is 6.18. The molecule has 0 saturated carbocycles. The Labute approximate surface area is 104 Å². The zero-order chi connectivity index (χ0) is 13.0. The van der Waals surface area contributed by atoms with Gasteiger partial charge in [0.25, 0.3) is 0 Å². The molecule has 0 radical (unpaired) electrons. The van der Waals surface area contributed by atoms with E-state index >= 15 is 0 Å². The van der Waals surface area contributed by atoms with Gasteiger partial charge in [0.1, 0.15) is 5.82 Å². The molecule has 0 aliphatic rings. The van der Waals surface area contributed by atoms with Crippen molar-refractivity contribution < 1.29 is 4.39 Å². The quantitative estimate of drug-likeness (QED) is 0.852. The third-order valence-electron chi connectivity index (χ3n) is 2.93. The van der Waals surface area contributed by atoms with E-state index in [2.05, 4.69) is 13.8 Å². The molecule has 1 aromatic rings. The zero-order valence-electron chi connectivity index (χ0n) is 11.2. The Hall–Kier alpha value is -1.09. The third-order valence-corrected chi connectivity index (χ3v) is 2.93. The molecule has 0 aromatic heterocycles. The van der Waals surface area contributed by atoms with Crippen LogP contribution in [0.2, 0.25) is 0 Å². The van der Waals surface area contributed by atoms with Gasteiger partial charge in [0.05, 0.1) is 5.69 Å². The minimum absolute atomic E-state index is 0.151. The van der Waals surface area contributed by atoms with Crippen molar-refractivity contribution in [3.05, 3.63) is 29.6 Å². The van der Waals surface area contributed by atoms with E-state index in [-0.39, 0.29) is 11.9 Å². The molecular formula is C14H23FN2. The highest BCUT2D eigenvalue weighted by atomic mass is 19.1. The lowest BCUT2D eigenvalue weighted by Crippen LogP contribution is -2.24. The summed E-state index contributed by atoms with van der Waals surface area (Å²) in [6.45, 7) is 7.07. The summed E-state index contributed by atoms with van der Waals surface area (Å²) in [4.78, 5) is 1.97. The molecule has 0 aliphatic heterocycles. The van der Waals surface area contributed by atoms with Gasteiger partial charge in [-0.25, -0.2) is 4.39 Å². The van der Waals surface area contributed by atoms with Crippen LogP contribution in [0.4, 0.5) is 10.1 Å². The van der Waals surface area contributed by atoms with Crippen molar-refractivity contribution in [2.45, 2.75) is 33.2 Å². The highest BCUT2D eigenvalue weighted by Gasteiger charge is 2.15. The number of benzene rings is 1. The maximum absolute atomic E-state index is 13.9. The van der Waals surface area contributed by atoms with Gasteiger partial charge >= 0.3 is 0 Å². The molecule has 1 atom stereocenters. The fourth-order valence-electron chi connectivity index (χ4n) is 1.87. The molecule has 17 heavy (non-hydrogen) atoms. The average molecular weight is 238 g/mol. The predicted octanol–water partition coefficient (Wildman–Crippen LogP) is 3.33. The number of hydrogen-bond donors (Lipinski definition) is 1. The largest absolute Gasteiger partial charge is 0.372 e. The van der Waals surface area contributed by atoms with Crippen LogP contribution >= 0.6 is 0 Å². The van der Waals surface area contributed by atoms with E-state index in [4.69, 9.17) is 5.73 Å². The lowest BCUT2D eigenvalue weighted by Gasteiger charge is -2.25. The summed E-state index contributed by atoms with van der Waals surface area (Å²) in [5, 5.41) is 0. The fourth-order valence-corrected chi connectivity index (χ4v) is 1.87. The monoisotopic (exact) mass is 238 g/mol. The van der Waals surface area contributed by atoms with Gasteiger partial charge in [-0.05, 0) is 30.9 Å². The van der Waals surface area contributed by atoms with Crippen LogP contribution in [0.3, 0.4) is 0 Å². The number of halogens is 1. The Morgan fingerprint density at radius 1 is 1.29 bits per heavy atom. The summed E-state index contributed by atoms with van der Waals surface area (Å²) in [6, 6.07) is 4.96. The van der Waals surface area contributed by atoms with E-state index in [9.17, 15) is 4.39 Å². The highest BCUT2D eigenvalue weighted by Crippen LogP contribution is 2.27. The molecule has 96 valence electrons. The van der Waals surface area contributed by atoms with Gasteiger partial charge in [-0.3, -0.25) is 0 Å². The lowest BCUT2D eigenvalue weighted by molar-refractivity contribution is 0.571. The highest BCUT2D eigenvalue weighted by molar-refractivity contribution is 5.55. The molecule has 1 aromatic carbocycles. The molecule has 0 aliphatic carbocycles. The third kappa shape index (κ3) is 3.70. The van der Waals surface area contributed by atoms with Crippen LogP contribution in [0.1, 0.15) is 38.8 Å². The number of para-hydroxylation sites is 1. The van der Waals surface area contributed by atoms with E-state index in [1.54, 1.807) is 6.07 Å². The van der Waals surface area contributed by atoms with E-state index in [0.717, 1.165) is 18.5 Å². The first kappa shape index (κ1) is 14.0. The summed E-state index contributed by atoms with van der Waals surface area (Å²) < 4.78 is 13.9. The van der Waals surface area contributed by atoms with Crippen molar-refractivity contribution in [1.29, 1.82) is 0 Å². The molecule has 1 rings (SSSR count). The zero-order valence-corrected chi connectivity index (χ0v) is 11.2. The van der Waals surface area contributed by atoms with Crippen LogP contribution in [0.25, 0.3) is 0 Å². The topological polar surface area (TPSA) is 29.3 Å². The second-order valence-electron chi connectivity index (χ2n) is 5.07. The summed E-state index contributed by atoms with van der Waals surface area (Å²) in [7, 11) is 1.92. The fraction of sp³-hybridized carbons (Fsp3) is 0.571. The van der Waals surface area contributed by atoms with Crippen LogP contribution in [0, 0.1) is 11.7 Å². The van der Waals surface area contributed by atoms with E-state index in [0.29, 0.717) is 11.6 Å². The SMILES string of the molecule is CC(C)CCN(C)c1c(F)cccc1[C@H](C)N. The van der Waals surface area contributed by atoms with Gasteiger partial charge in [-0.2, -0.15) is 0 Å². The molecule has 0 bridgehead atoms. The van der Waals surface area contributed by atoms with Crippen LogP contribution in [0.5, 0.6) is 0 Å². The molecule has 2 N–H and O–H groups in total. The van der Waals surface area contributed by atoms with Crippen molar-refractivity contribution in [2.75, 3.05) is 18.5 Å². The molecule has 0 spiro atoms. The van der Waals surface area contributed by atoms with Crippen molar-refractivity contribution in [1.82, 2.24) is 0 Å². The summed E-state index contributed by atoms with van der Waals surface area (Å²) in [6.07, 6.45) is 1.04. The normalized spacial score (nSPS) is 12.9. The van der Waals surface area contributed by atoms with E-state index in [1.807, 2.05) is 24.9 Å². The van der Waals surface area contributed by atoms with E-state index in [1.165, 1.54) is 6.07 Å². The number of hydrogen-bond acceptors (Lipinski definition) is 2. The Balaban J connectivity index is 2.94. The number of rotatable bonds is 5. The predicted molar refractivity (Wildman–Crippen MR) is 71.7 cm³/mol. The van der Waals surface area contributed by atoms with Crippen LogP contribution in [0.15, 0.2) is 18.2 Å². The molecule has 3 heteroatoms. The molecular weight excluding hydrogens is 215 g/mol. The summed E-state index contributed by atoms with van der Waals surface area (Å²) in [5.74, 6) is 0.425. The van der Waals surface area contributed by atoms with Gasteiger partial charge in [0.2, 0.25) is 0 Å². The Kier molecular flexibility index (Phi) is 4.94. The average Bonchev–Trinajstić information content (AvgIpc) is 2.25. The first-order valence-corrected chi connectivity index (χ1v) is 6.18. The smallest absolute Gasteiger partial charge is 0.146 e. The number of nitrogens with zero attached hydrogens (tertiary/aromatic N) is 1. The molecule has 0 saturated heterocycles. The van der Waals surface area contributed by atoms with Crippen LogP contribution in [-0.4, -0.2) is 13.6 Å². The minimum atomic E-state index is -0.189. The Bertz CT molecular complexity index is 361. The molecule has 0 heterocycles. The first-order chi connectivity index (χ1) is 7.93. The Morgan fingerprint density at radius 3 is 2.47 bits per heavy atom. The van der Waals surface area contributed by atoms with E-state index < -0.39 is 0 Å². The second-order valence-corrected chi connectivity index (χ2v) is 5.07. The number of nitrogens with two attached hydrogens (primary N) is 1. The molecule has 0 amide bonds. The number of anilines is 1.